The summed E-state index contributed by atoms with van der Waals surface area (Å²) in [7, 11) is -3.77. The van der Waals surface area contributed by atoms with Crippen molar-refractivity contribution in [3.05, 3.63) is 18.7 Å². The first-order chi connectivity index (χ1) is 8.64. The van der Waals surface area contributed by atoms with E-state index >= 15 is 0 Å². The Hall–Kier alpha value is -1.09. The first kappa shape index (κ1) is 17.9. The number of rotatable bonds is 5. The lowest BCUT2D eigenvalue weighted by Gasteiger charge is -2.15. The third kappa shape index (κ3) is 6.58. The third-order valence-electron chi connectivity index (χ3n) is 2.11. The molecule has 0 saturated heterocycles. The van der Waals surface area contributed by atoms with Crippen LogP contribution in [0.1, 0.15) is 19.8 Å². The molecule has 1 heterocycles. The molecule has 0 fully saturated rings. The molecule has 0 saturated carbocycles. The Balaban J connectivity index is 0.000000344. The number of hydrogen-bond donors (Lipinski definition) is 0. The fourth-order valence-electron chi connectivity index (χ4n) is 1.04. The molecule has 0 radical (unpaired) electrons. The van der Waals surface area contributed by atoms with Crippen LogP contribution in [-0.2, 0) is 23.7 Å². The topological polar surface area (TPSA) is 66.0 Å². The zero-order chi connectivity index (χ0) is 15.1. The number of imidazole rings is 1. The van der Waals surface area contributed by atoms with E-state index in [1.807, 2.05) is 7.05 Å². The van der Waals surface area contributed by atoms with Gasteiger partial charge in [0.2, 0.25) is 6.33 Å². The second kappa shape index (κ2) is 7.49. The predicted octanol–water partition coefficient (Wildman–Crippen LogP) is 1.21. The molecule has 9 heteroatoms. The minimum Gasteiger partial charge on any atom is -0.743 e. The monoisotopic (exact) mass is 302 g/mol. The summed E-state index contributed by atoms with van der Waals surface area (Å²) < 4.78 is 66.0. The van der Waals surface area contributed by atoms with Gasteiger partial charge in [-0.3, -0.25) is 0 Å². The number of aromatic nitrogens is 2. The molecule has 19 heavy (non-hydrogen) atoms. The summed E-state index contributed by atoms with van der Waals surface area (Å²) in [6.45, 7) is 0.889. The molecule has 0 aliphatic rings. The fraction of sp³-hybridized carbons (Fsp3) is 0.700. The molecule has 0 N–H and O–H groups in total. The molecule has 0 unspecified atom stereocenters. The van der Waals surface area contributed by atoms with Crippen molar-refractivity contribution in [1.29, 1.82) is 0 Å². The fourth-order valence-corrected chi connectivity index (χ4v) is 1.18. The van der Waals surface area contributed by atoms with E-state index < -0.39 is 22.0 Å². The van der Waals surface area contributed by atoms with Crippen LogP contribution in [0.25, 0.3) is 0 Å². The van der Waals surface area contributed by atoms with Crippen molar-refractivity contribution in [2.75, 3.05) is 6.67 Å². The van der Waals surface area contributed by atoms with Crippen LogP contribution in [0.5, 0.6) is 0 Å². The molecule has 0 aliphatic carbocycles. The predicted molar refractivity (Wildman–Crippen MR) is 61.1 cm³/mol. The van der Waals surface area contributed by atoms with E-state index in [4.69, 9.17) is 0 Å². The van der Waals surface area contributed by atoms with Gasteiger partial charge in [0.25, 0.3) is 0 Å². The summed E-state index contributed by atoms with van der Waals surface area (Å²) in [4.78, 5) is 0. The normalized spacial score (nSPS) is 11.9. The van der Waals surface area contributed by atoms with Crippen molar-refractivity contribution in [2.24, 2.45) is 7.05 Å². The molecule has 1 rings (SSSR count). The molecule has 0 amide bonds. The molecule has 0 bridgehead atoms. The number of nitrogens with zero attached hydrogens (tertiary/aromatic N) is 2. The van der Waals surface area contributed by atoms with Gasteiger partial charge >= 0.3 is 5.25 Å². The SMILES string of the molecule is CCCCn1cc[n+](C)c1.O=S(=O)([O-])C(F)(F)CF. The van der Waals surface area contributed by atoms with Gasteiger partial charge in [0, 0.05) is 0 Å². The molecule has 0 aromatic carbocycles. The summed E-state index contributed by atoms with van der Waals surface area (Å²) in [5.74, 6) is 0. The minimum atomic E-state index is -5.81. The van der Waals surface area contributed by atoms with Crippen molar-refractivity contribution >= 4 is 10.1 Å². The van der Waals surface area contributed by atoms with Gasteiger partial charge in [0.05, 0.1) is 13.6 Å². The Kier molecular flexibility index (Phi) is 7.06. The van der Waals surface area contributed by atoms with Gasteiger partial charge in [-0.2, -0.15) is 8.78 Å². The highest BCUT2D eigenvalue weighted by molar-refractivity contribution is 7.86. The number of halogens is 3. The van der Waals surface area contributed by atoms with E-state index in [-0.39, 0.29) is 0 Å². The summed E-state index contributed by atoms with van der Waals surface area (Å²) in [5, 5.41) is -4.77. The second-order valence-electron chi connectivity index (χ2n) is 3.90. The Morgan fingerprint density at radius 3 is 2.26 bits per heavy atom. The van der Waals surface area contributed by atoms with Gasteiger partial charge in [-0.15, -0.1) is 0 Å². The number of hydrogen-bond acceptors (Lipinski definition) is 3. The Bertz CT molecular complexity index is 474. The number of aryl methyl sites for hydroxylation is 2. The summed E-state index contributed by atoms with van der Waals surface area (Å²) in [6, 6.07) is 0. The van der Waals surface area contributed by atoms with E-state index in [0.717, 1.165) is 6.54 Å². The summed E-state index contributed by atoms with van der Waals surface area (Å²) >= 11 is 0. The van der Waals surface area contributed by atoms with Crippen LogP contribution in [0, 0.1) is 0 Å². The van der Waals surface area contributed by atoms with Crippen LogP contribution in [0.4, 0.5) is 13.2 Å². The van der Waals surface area contributed by atoms with Crippen LogP contribution >= 0.6 is 0 Å². The maximum atomic E-state index is 11.4. The molecule has 112 valence electrons. The molecule has 1 aromatic rings. The Morgan fingerprint density at radius 1 is 1.42 bits per heavy atom. The van der Waals surface area contributed by atoms with Crippen molar-refractivity contribution in [2.45, 2.75) is 31.6 Å². The smallest absolute Gasteiger partial charge is 0.362 e. The van der Waals surface area contributed by atoms with Crippen molar-refractivity contribution < 1.29 is 30.7 Å². The first-order valence-corrected chi connectivity index (χ1v) is 6.95. The van der Waals surface area contributed by atoms with E-state index in [2.05, 4.69) is 34.8 Å². The first-order valence-electron chi connectivity index (χ1n) is 5.54. The Morgan fingerprint density at radius 2 is 2.00 bits per heavy atom. The highest BCUT2D eigenvalue weighted by Crippen LogP contribution is 2.19. The minimum absolute atomic E-state index is 1.15. The van der Waals surface area contributed by atoms with E-state index in [0.29, 0.717) is 0 Å². The van der Waals surface area contributed by atoms with Gasteiger partial charge in [-0.05, 0) is 6.42 Å². The standard InChI is InChI=1S/C8H15N2.C2H3F3O3S/c1-3-4-5-10-7-6-9(2)8-10;3-1-2(4,5)9(6,7)8/h6-8H,3-5H2,1-2H3;1H2,(H,6,7,8)/q+1;/p-1. The molecule has 1 aromatic heterocycles. The van der Waals surface area contributed by atoms with Crippen molar-refractivity contribution in [3.63, 3.8) is 0 Å². The van der Waals surface area contributed by atoms with Gasteiger partial charge < -0.3 is 4.55 Å². The Labute approximate surface area is 110 Å². The van der Waals surface area contributed by atoms with Gasteiger partial charge in [0.15, 0.2) is 16.8 Å². The molecular weight excluding hydrogens is 285 g/mol. The van der Waals surface area contributed by atoms with Crippen molar-refractivity contribution in [3.8, 4) is 0 Å². The van der Waals surface area contributed by atoms with E-state index in [1.165, 1.54) is 12.8 Å². The van der Waals surface area contributed by atoms with Crippen LogP contribution in [-0.4, -0.2) is 29.5 Å². The number of alkyl halides is 3. The van der Waals surface area contributed by atoms with Crippen LogP contribution < -0.4 is 4.57 Å². The van der Waals surface area contributed by atoms with Gasteiger partial charge in [-0.1, -0.05) is 13.3 Å². The van der Waals surface area contributed by atoms with Gasteiger partial charge in [-0.25, -0.2) is 21.9 Å². The zero-order valence-corrected chi connectivity index (χ0v) is 11.5. The van der Waals surface area contributed by atoms with E-state index in [9.17, 15) is 26.1 Å². The van der Waals surface area contributed by atoms with Gasteiger partial charge in [0.1, 0.15) is 12.4 Å². The van der Waals surface area contributed by atoms with E-state index in [1.54, 1.807) is 0 Å². The molecule has 0 atom stereocenters. The lowest BCUT2D eigenvalue weighted by molar-refractivity contribution is -0.671. The third-order valence-corrected chi connectivity index (χ3v) is 2.96. The van der Waals surface area contributed by atoms with Crippen LogP contribution in [0.2, 0.25) is 0 Å². The molecular formula is C10H17F3N2O3S. The quantitative estimate of drug-likeness (QED) is 0.606. The second-order valence-corrected chi connectivity index (χ2v) is 5.40. The average molecular weight is 302 g/mol. The molecule has 0 aliphatic heterocycles. The lowest BCUT2D eigenvalue weighted by atomic mass is 10.3. The summed E-state index contributed by atoms with van der Waals surface area (Å²) in [5.41, 5.74) is 0. The molecule has 0 spiro atoms. The highest BCUT2D eigenvalue weighted by atomic mass is 32.2. The lowest BCUT2D eigenvalue weighted by Crippen LogP contribution is -2.30. The maximum Gasteiger partial charge on any atom is 0.362 e. The van der Waals surface area contributed by atoms with Crippen LogP contribution in [0.3, 0.4) is 0 Å². The maximum absolute atomic E-state index is 11.4. The largest absolute Gasteiger partial charge is 0.743 e. The number of unbranched alkanes of at least 4 members (excludes halogenated alkanes) is 1. The summed E-state index contributed by atoms with van der Waals surface area (Å²) in [6.07, 6.45) is 8.82. The molecule has 5 nitrogen and oxygen atoms in total. The average Bonchev–Trinajstić information content (AvgIpc) is 2.72. The van der Waals surface area contributed by atoms with Crippen LogP contribution in [0.15, 0.2) is 18.7 Å². The van der Waals surface area contributed by atoms with Crippen molar-refractivity contribution in [1.82, 2.24) is 4.57 Å². The highest BCUT2D eigenvalue weighted by Gasteiger charge is 2.37. The zero-order valence-electron chi connectivity index (χ0n) is 10.7.